The van der Waals surface area contributed by atoms with Crippen LogP contribution in [-0.4, -0.2) is 69.1 Å². The lowest BCUT2D eigenvalue weighted by molar-refractivity contribution is -0.164. The van der Waals surface area contributed by atoms with Gasteiger partial charge in [-0.2, -0.15) is 13.2 Å². The lowest BCUT2D eigenvalue weighted by atomic mass is 9.99. The van der Waals surface area contributed by atoms with Crippen LogP contribution in [0.2, 0.25) is 0 Å². The molecular weight excluding hydrogens is 351 g/mol. The fraction of sp³-hybridized carbons (Fsp3) is 0.462. The van der Waals surface area contributed by atoms with Crippen molar-refractivity contribution < 1.29 is 32.7 Å². The summed E-state index contributed by atoms with van der Waals surface area (Å²) >= 11 is 1.25. The van der Waals surface area contributed by atoms with E-state index in [9.17, 15) is 32.7 Å². The molecule has 0 radical (unpaired) electrons. The number of hydrogen-bond donors (Lipinski definition) is 2. The van der Waals surface area contributed by atoms with E-state index in [0.29, 0.717) is 4.90 Å². The second-order valence-corrected chi connectivity index (χ2v) is 6.67. The van der Waals surface area contributed by atoms with Crippen molar-refractivity contribution in [1.29, 1.82) is 0 Å². The molecule has 11 heteroatoms. The number of β-lactam (4-membered cyclic amide) rings is 2. The van der Waals surface area contributed by atoms with Gasteiger partial charge in [0.1, 0.15) is 23.7 Å². The number of carboxylic acids is 1. The Balaban J connectivity index is 1.83. The van der Waals surface area contributed by atoms with E-state index in [1.54, 1.807) is 0 Å². The maximum Gasteiger partial charge on any atom is 0.406 e. The fourth-order valence-electron chi connectivity index (χ4n) is 2.77. The van der Waals surface area contributed by atoms with Gasteiger partial charge in [-0.3, -0.25) is 14.5 Å². The highest BCUT2D eigenvalue weighted by atomic mass is 32.2. The predicted molar refractivity (Wildman–Crippen MR) is 76.4 cm³/mol. The number of fused-ring (bicyclic) bond motifs is 1. The molecule has 3 aliphatic heterocycles. The molecule has 3 N–H and O–H groups in total. The highest BCUT2D eigenvalue weighted by Crippen LogP contribution is 2.40. The Kier molecular flexibility index (Phi) is 3.87. The van der Waals surface area contributed by atoms with Gasteiger partial charge in [-0.25, -0.2) is 4.79 Å². The molecule has 3 aliphatic rings. The molecule has 0 aliphatic carbocycles. The minimum atomic E-state index is -4.49. The van der Waals surface area contributed by atoms with Crippen LogP contribution in [0.4, 0.5) is 13.2 Å². The molecule has 0 bridgehead atoms. The summed E-state index contributed by atoms with van der Waals surface area (Å²) < 4.78 is 36.8. The standard InChI is InChI=1S/C13H12F3N3O4S/c14-13(15,16)4-18-2-5(9(18)20)1-6-3-24-11-7(17)10(21)19(11)8(6)12(22)23/h1,7,11H,2-4,17H2,(H,22,23)/t7-,11-/m1/s1. The van der Waals surface area contributed by atoms with Gasteiger partial charge in [0, 0.05) is 11.3 Å². The monoisotopic (exact) mass is 363 g/mol. The first-order valence-corrected chi connectivity index (χ1v) is 7.88. The molecular formula is C13H12F3N3O4S. The van der Waals surface area contributed by atoms with Crippen LogP contribution in [0.5, 0.6) is 0 Å². The van der Waals surface area contributed by atoms with Gasteiger partial charge in [0.15, 0.2) is 0 Å². The number of aliphatic carboxylic acids is 1. The minimum Gasteiger partial charge on any atom is -0.477 e. The van der Waals surface area contributed by atoms with Gasteiger partial charge in [-0.1, -0.05) is 0 Å². The average molecular weight is 363 g/mol. The summed E-state index contributed by atoms with van der Waals surface area (Å²) in [6.45, 7) is -1.55. The van der Waals surface area contributed by atoms with E-state index in [1.807, 2.05) is 0 Å². The van der Waals surface area contributed by atoms with Crippen LogP contribution in [0.25, 0.3) is 0 Å². The van der Waals surface area contributed by atoms with Gasteiger partial charge >= 0.3 is 12.1 Å². The number of nitrogens with two attached hydrogens (primary N) is 1. The Morgan fingerprint density at radius 3 is 2.62 bits per heavy atom. The maximum atomic E-state index is 12.3. The zero-order valence-electron chi connectivity index (χ0n) is 12.0. The van der Waals surface area contributed by atoms with Crippen LogP contribution in [0.1, 0.15) is 0 Å². The third-order valence-corrected chi connectivity index (χ3v) is 5.21. The second kappa shape index (κ2) is 5.52. The highest BCUT2D eigenvalue weighted by Gasteiger charge is 2.51. The molecule has 2 atom stereocenters. The molecule has 130 valence electrons. The maximum absolute atomic E-state index is 12.3. The third kappa shape index (κ3) is 2.67. The predicted octanol–water partition coefficient (Wildman–Crippen LogP) is -0.102. The first-order valence-electron chi connectivity index (χ1n) is 6.83. The van der Waals surface area contributed by atoms with Gasteiger partial charge in [-0.05, 0) is 11.6 Å². The smallest absolute Gasteiger partial charge is 0.406 e. The zero-order chi connectivity index (χ0) is 17.8. The third-order valence-electron chi connectivity index (χ3n) is 3.88. The minimum absolute atomic E-state index is 0.0873. The molecule has 0 aromatic rings. The van der Waals surface area contributed by atoms with Crippen molar-refractivity contribution in [3.05, 3.63) is 22.9 Å². The largest absolute Gasteiger partial charge is 0.477 e. The Hall–Kier alpha value is -2.01. The number of nitrogens with zero attached hydrogens (tertiary/aromatic N) is 2. The summed E-state index contributed by atoms with van der Waals surface area (Å²) in [6, 6.07) is -0.772. The molecule has 0 unspecified atom stereocenters. The summed E-state index contributed by atoms with van der Waals surface area (Å²) in [5.41, 5.74) is 5.66. The Labute approximate surface area is 137 Å². The zero-order valence-corrected chi connectivity index (χ0v) is 12.9. The van der Waals surface area contributed by atoms with Gasteiger partial charge in [0.2, 0.25) is 5.91 Å². The summed E-state index contributed by atoms with van der Waals surface area (Å²) in [5.74, 6) is -2.45. The van der Waals surface area contributed by atoms with Crippen molar-refractivity contribution in [2.24, 2.45) is 5.73 Å². The lowest BCUT2D eigenvalue weighted by Gasteiger charge is -2.47. The molecule has 24 heavy (non-hydrogen) atoms. The van der Waals surface area contributed by atoms with Crippen LogP contribution in [0.15, 0.2) is 22.9 Å². The van der Waals surface area contributed by atoms with Gasteiger partial charge < -0.3 is 15.7 Å². The number of carbonyl (C=O) groups excluding carboxylic acids is 2. The fourth-order valence-corrected chi connectivity index (χ4v) is 4.02. The van der Waals surface area contributed by atoms with Gasteiger partial charge in [0.25, 0.3) is 5.91 Å². The highest BCUT2D eigenvalue weighted by molar-refractivity contribution is 8.00. The number of carboxylic acid groups (broad SMARTS) is 1. The molecule has 0 aromatic heterocycles. The number of thioether (sulfide) groups is 1. The molecule has 2 amide bonds. The number of amides is 2. The molecule has 0 saturated carbocycles. The SMILES string of the molecule is N[C@@H]1C(=O)N2C(C(=O)O)=C(C=C3CN(CC(F)(F)F)C3=O)CS[C@H]12. The number of allylic oxidation sites excluding steroid dienone is 1. The van der Waals surface area contributed by atoms with E-state index >= 15 is 0 Å². The Morgan fingerprint density at radius 1 is 1.42 bits per heavy atom. The van der Waals surface area contributed by atoms with Gasteiger partial charge in [-0.15, -0.1) is 11.8 Å². The first-order chi connectivity index (χ1) is 11.1. The van der Waals surface area contributed by atoms with Gasteiger partial charge in [0.05, 0.1) is 6.54 Å². The van der Waals surface area contributed by atoms with E-state index in [4.69, 9.17) is 5.73 Å². The van der Waals surface area contributed by atoms with Crippen LogP contribution in [0, 0.1) is 0 Å². The van der Waals surface area contributed by atoms with E-state index in [1.165, 1.54) is 17.8 Å². The molecule has 2 fully saturated rings. The lowest BCUT2D eigenvalue weighted by Crippen LogP contribution is -2.68. The van der Waals surface area contributed by atoms with Crippen LogP contribution < -0.4 is 5.73 Å². The number of rotatable bonds is 3. The number of likely N-dealkylation sites (tertiary alicyclic amines) is 1. The summed E-state index contributed by atoms with van der Waals surface area (Å²) in [4.78, 5) is 36.6. The van der Waals surface area contributed by atoms with Crippen LogP contribution in [-0.2, 0) is 14.4 Å². The molecule has 2 saturated heterocycles. The number of carbonyl (C=O) groups is 3. The summed E-state index contributed by atoms with van der Waals surface area (Å²) in [6.07, 6.45) is -3.22. The number of alkyl halides is 3. The van der Waals surface area contributed by atoms with E-state index < -0.39 is 41.9 Å². The van der Waals surface area contributed by atoms with E-state index in [0.717, 1.165) is 4.90 Å². The number of hydrogen-bond acceptors (Lipinski definition) is 5. The van der Waals surface area contributed by atoms with Crippen molar-refractivity contribution in [3.63, 3.8) is 0 Å². The summed E-state index contributed by atoms with van der Waals surface area (Å²) in [5, 5.41) is 8.87. The summed E-state index contributed by atoms with van der Waals surface area (Å²) in [7, 11) is 0. The topological polar surface area (TPSA) is 104 Å². The van der Waals surface area contributed by atoms with Crippen LogP contribution in [0.3, 0.4) is 0 Å². The normalized spacial score (nSPS) is 28.8. The van der Waals surface area contributed by atoms with Crippen molar-refractivity contribution in [2.45, 2.75) is 17.6 Å². The number of halogens is 3. The van der Waals surface area contributed by atoms with E-state index in [-0.39, 0.29) is 29.1 Å². The molecule has 3 heterocycles. The molecule has 7 nitrogen and oxygen atoms in total. The molecule has 0 aromatic carbocycles. The van der Waals surface area contributed by atoms with Crippen molar-refractivity contribution >= 4 is 29.5 Å². The van der Waals surface area contributed by atoms with E-state index in [2.05, 4.69) is 0 Å². The Bertz CT molecular complexity index is 703. The quantitative estimate of drug-likeness (QED) is 0.536. The molecule has 3 rings (SSSR count). The second-order valence-electron chi connectivity index (χ2n) is 5.56. The van der Waals surface area contributed by atoms with Crippen molar-refractivity contribution in [2.75, 3.05) is 18.8 Å². The molecule has 0 spiro atoms. The van der Waals surface area contributed by atoms with Crippen molar-refractivity contribution in [3.8, 4) is 0 Å². The van der Waals surface area contributed by atoms with Crippen LogP contribution >= 0.6 is 11.8 Å². The van der Waals surface area contributed by atoms with Crippen molar-refractivity contribution in [1.82, 2.24) is 9.80 Å². The Morgan fingerprint density at radius 2 is 2.08 bits per heavy atom. The average Bonchev–Trinajstić information content (AvgIpc) is 2.50. The first kappa shape index (κ1) is 16.8.